The van der Waals surface area contributed by atoms with Gasteiger partial charge < -0.3 is 0 Å². The number of thiophene rings is 2. The molecule has 14 heteroatoms. The molecular formula is C92H56N12S2. The molecule has 0 aliphatic carbocycles. The number of aromatic nitrogens is 12. The predicted octanol–water partition coefficient (Wildman–Crippen LogP) is 23.2. The lowest BCUT2D eigenvalue weighted by atomic mass is 9.98. The fourth-order valence-electron chi connectivity index (χ4n) is 13.5. The smallest absolute Gasteiger partial charge is 0.164 e. The Balaban J connectivity index is 0.000000145. The molecule has 0 unspecified atom stereocenters. The van der Waals surface area contributed by atoms with Crippen molar-refractivity contribution in [2.75, 3.05) is 0 Å². The van der Waals surface area contributed by atoms with Crippen molar-refractivity contribution < 1.29 is 0 Å². The van der Waals surface area contributed by atoms with Crippen molar-refractivity contribution in [2.24, 2.45) is 0 Å². The zero-order valence-corrected chi connectivity index (χ0v) is 58.1. The molecule has 12 aromatic carbocycles. The van der Waals surface area contributed by atoms with E-state index in [-0.39, 0.29) is 0 Å². The molecule has 0 saturated heterocycles. The quantitative estimate of drug-likeness (QED) is 0.114. The fraction of sp³-hybridized carbons (Fsp3) is 0. The van der Waals surface area contributed by atoms with Crippen LogP contribution in [0.3, 0.4) is 0 Å². The highest BCUT2D eigenvalue weighted by Gasteiger charge is 2.20. The number of rotatable bonds is 12. The van der Waals surface area contributed by atoms with Gasteiger partial charge >= 0.3 is 0 Å². The van der Waals surface area contributed by atoms with Crippen molar-refractivity contribution in [3.8, 4) is 135 Å². The standard InChI is InChI=1S/2C46H28N6S/c1-3-10-29(11-4-1)30-18-22-33(23-19-30)44-50-43(32-12-5-2-6-13-32)51-45(52-44)34-24-20-31(21-25-34)35-14-9-15-36(28-35)37-26-27-47-40-41-46(53-42(37)40)49-39-17-8-7-16-38(39)48-41;1-3-10-29(11-4-1)30-18-22-33(23-19-30)44-50-43(32-12-5-2-6-13-32)51-45(52-44)34-24-20-31(21-25-34)35-15-9-16-37(26-35)40-42-41(48-28-47-40)38-27-36-14-7-8-17-39(36)49-46(38)53-42/h2*1-28H. The highest BCUT2D eigenvalue weighted by atomic mass is 32.1. The van der Waals surface area contributed by atoms with Crippen LogP contribution in [0.15, 0.2) is 340 Å². The van der Waals surface area contributed by atoms with Gasteiger partial charge in [-0.2, -0.15) is 0 Å². The summed E-state index contributed by atoms with van der Waals surface area (Å²) in [6.07, 6.45) is 3.53. The second kappa shape index (κ2) is 27.5. The van der Waals surface area contributed by atoms with E-state index < -0.39 is 0 Å². The number of nitrogens with zero attached hydrogens (tertiary/aromatic N) is 12. The predicted molar refractivity (Wildman–Crippen MR) is 432 cm³/mol. The Bertz CT molecular complexity index is 6260. The Morgan fingerprint density at radius 2 is 0.566 bits per heavy atom. The fourth-order valence-corrected chi connectivity index (χ4v) is 15.7. The maximum atomic E-state index is 4.99. The summed E-state index contributed by atoms with van der Waals surface area (Å²) in [6, 6.07) is 112. The molecule has 0 spiro atoms. The van der Waals surface area contributed by atoms with Crippen molar-refractivity contribution >= 4 is 85.6 Å². The van der Waals surface area contributed by atoms with E-state index >= 15 is 0 Å². The third-order valence-corrected chi connectivity index (χ3v) is 21.1. The third kappa shape index (κ3) is 12.4. The summed E-state index contributed by atoms with van der Waals surface area (Å²) in [7, 11) is 0. The second-order valence-electron chi connectivity index (χ2n) is 25.6. The summed E-state index contributed by atoms with van der Waals surface area (Å²) >= 11 is 3.29. The Labute approximate surface area is 616 Å². The van der Waals surface area contributed by atoms with Gasteiger partial charge in [-0.25, -0.2) is 54.8 Å². The van der Waals surface area contributed by atoms with Gasteiger partial charge in [0, 0.05) is 61.5 Å². The lowest BCUT2D eigenvalue weighted by Gasteiger charge is -2.10. The SMILES string of the molecule is c1ccc(-c2ccc(-c3nc(-c4ccccc4)nc(-c4ccc(-c5cccc(-c6ccnc7c6sc6nc8ccccc8nc67)c5)cc4)n3)cc2)cc1.c1ccc(-c2ccc(-c3nc(-c4ccccc4)nc(-c4ccc(-c5cccc(-c6ncnc7c6sc6nc8ccccc8cc67)c5)cc4)n3)cc2)cc1. The molecule has 20 rings (SSSR count). The maximum absolute atomic E-state index is 4.99. The van der Waals surface area contributed by atoms with Crippen LogP contribution in [0.2, 0.25) is 0 Å². The number of hydrogen-bond donors (Lipinski definition) is 0. The van der Waals surface area contributed by atoms with Gasteiger partial charge in [0.05, 0.1) is 37.2 Å². The first kappa shape index (κ1) is 63.0. The average Bonchev–Trinajstić information content (AvgIpc) is 1.61. The van der Waals surface area contributed by atoms with Gasteiger partial charge in [0.1, 0.15) is 27.0 Å². The second-order valence-corrected chi connectivity index (χ2v) is 27.6. The summed E-state index contributed by atoms with van der Waals surface area (Å²) < 4.78 is 2.12. The van der Waals surface area contributed by atoms with Crippen molar-refractivity contribution in [3.63, 3.8) is 0 Å². The lowest BCUT2D eigenvalue weighted by Crippen LogP contribution is -2.00. The van der Waals surface area contributed by atoms with Crippen LogP contribution in [-0.4, -0.2) is 59.8 Å². The zero-order chi connectivity index (χ0) is 70.3. The third-order valence-electron chi connectivity index (χ3n) is 18.9. The van der Waals surface area contributed by atoms with Crippen LogP contribution < -0.4 is 0 Å². The Kier molecular flexibility index (Phi) is 16.3. The number of fused-ring (bicyclic) bond motifs is 8. The van der Waals surface area contributed by atoms with Gasteiger partial charge in [0.15, 0.2) is 34.9 Å². The zero-order valence-electron chi connectivity index (χ0n) is 56.5. The summed E-state index contributed by atoms with van der Waals surface area (Å²) in [6.45, 7) is 0. The van der Waals surface area contributed by atoms with E-state index in [4.69, 9.17) is 59.8 Å². The van der Waals surface area contributed by atoms with E-state index in [1.54, 1.807) is 29.0 Å². The molecule has 106 heavy (non-hydrogen) atoms. The van der Waals surface area contributed by atoms with Gasteiger partial charge in [-0.15, -0.1) is 22.7 Å². The highest BCUT2D eigenvalue weighted by molar-refractivity contribution is 7.26. The average molecular weight is 1390 g/mol. The summed E-state index contributed by atoms with van der Waals surface area (Å²) in [5, 5.41) is 2.16. The van der Waals surface area contributed by atoms with Crippen LogP contribution >= 0.6 is 22.7 Å². The molecule has 0 bridgehead atoms. The van der Waals surface area contributed by atoms with E-state index in [1.165, 1.54) is 11.1 Å². The molecular weight excluding hydrogens is 1340 g/mol. The van der Waals surface area contributed by atoms with Crippen LogP contribution in [-0.2, 0) is 0 Å². The van der Waals surface area contributed by atoms with Gasteiger partial charge in [-0.1, -0.05) is 285 Å². The molecule has 0 fully saturated rings. The molecule has 12 nitrogen and oxygen atoms in total. The van der Waals surface area contributed by atoms with Gasteiger partial charge in [-0.3, -0.25) is 4.98 Å². The van der Waals surface area contributed by atoms with Crippen molar-refractivity contribution in [1.82, 2.24) is 59.8 Å². The first-order valence-electron chi connectivity index (χ1n) is 34.7. The minimum Gasteiger partial charge on any atom is -0.253 e. The number of hydrogen-bond acceptors (Lipinski definition) is 14. The summed E-state index contributed by atoms with van der Waals surface area (Å²) in [5.74, 6) is 3.78. The largest absolute Gasteiger partial charge is 0.253 e. The van der Waals surface area contributed by atoms with Crippen LogP contribution in [0.1, 0.15) is 0 Å². The minimum absolute atomic E-state index is 0.621. The first-order chi connectivity index (χ1) is 52.5. The van der Waals surface area contributed by atoms with Crippen molar-refractivity contribution in [2.45, 2.75) is 0 Å². The van der Waals surface area contributed by atoms with E-state index in [9.17, 15) is 0 Å². The molecule has 8 aromatic heterocycles. The Hall–Kier alpha value is -13.9. The van der Waals surface area contributed by atoms with Crippen LogP contribution in [0.5, 0.6) is 0 Å². The summed E-state index contributed by atoms with van der Waals surface area (Å²) in [4.78, 5) is 60.5. The van der Waals surface area contributed by atoms with Gasteiger partial charge in [-0.05, 0) is 92.5 Å². The molecule has 0 aliphatic heterocycles. The normalized spacial score (nSPS) is 11.4. The Morgan fingerprint density at radius 1 is 0.208 bits per heavy atom. The Morgan fingerprint density at radius 3 is 1.07 bits per heavy atom. The topological polar surface area (TPSA) is 155 Å². The molecule has 8 heterocycles. The van der Waals surface area contributed by atoms with Crippen LogP contribution in [0.4, 0.5) is 0 Å². The van der Waals surface area contributed by atoms with Crippen molar-refractivity contribution in [3.05, 3.63) is 340 Å². The number of pyridine rings is 2. The van der Waals surface area contributed by atoms with Gasteiger partial charge in [0.2, 0.25) is 0 Å². The molecule has 0 amide bonds. The van der Waals surface area contributed by atoms with E-state index in [0.717, 1.165) is 152 Å². The molecule has 0 saturated carbocycles. The highest BCUT2D eigenvalue weighted by Crippen LogP contribution is 2.42. The monoisotopic (exact) mass is 1390 g/mol. The maximum Gasteiger partial charge on any atom is 0.164 e. The molecule has 20 aromatic rings. The summed E-state index contributed by atoms with van der Waals surface area (Å²) in [5.41, 5.74) is 24.2. The van der Waals surface area contributed by atoms with E-state index in [0.29, 0.717) is 34.9 Å². The van der Waals surface area contributed by atoms with Crippen LogP contribution in [0, 0.1) is 0 Å². The van der Waals surface area contributed by atoms with Gasteiger partial charge in [0.25, 0.3) is 0 Å². The molecule has 0 radical (unpaired) electrons. The van der Waals surface area contributed by atoms with Crippen molar-refractivity contribution in [1.29, 1.82) is 0 Å². The molecule has 0 N–H and O–H groups in total. The number of benzene rings is 12. The first-order valence-corrected chi connectivity index (χ1v) is 36.3. The number of para-hydroxylation sites is 3. The minimum atomic E-state index is 0.621. The molecule has 496 valence electrons. The lowest BCUT2D eigenvalue weighted by molar-refractivity contribution is 1.07. The van der Waals surface area contributed by atoms with E-state index in [1.807, 2.05) is 121 Å². The van der Waals surface area contributed by atoms with Crippen LogP contribution in [0.25, 0.3) is 198 Å². The van der Waals surface area contributed by atoms with E-state index in [2.05, 4.69) is 212 Å². The molecule has 0 atom stereocenters. The molecule has 0 aliphatic rings.